The first-order valence-corrected chi connectivity index (χ1v) is 8.92. The van der Waals surface area contributed by atoms with E-state index < -0.39 is 0 Å². The minimum atomic E-state index is -0.0708. The molecule has 0 bridgehead atoms. The molecule has 0 spiro atoms. The van der Waals surface area contributed by atoms with E-state index in [1.807, 2.05) is 31.8 Å². The molecule has 1 saturated heterocycles. The molecule has 2 atom stereocenters. The molecule has 0 radical (unpaired) electrons. The van der Waals surface area contributed by atoms with Crippen molar-refractivity contribution in [3.05, 3.63) is 33.8 Å². The highest BCUT2D eigenvalue weighted by Gasteiger charge is 2.23. The third-order valence-electron chi connectivity index (χ3n) is 3.81. The summed E-state index contributed by atoms with van der Waals surface area (Å²) in [6.45, 7) is 2.96. The van der Waals surface area contributed by atoms with Crippen molar-refractivity contribution >= 4 is 53.3 Å². The largest absolute Gasteiger partial charge is 0.339 e. The summed E-state index contributed by atoms with van der Waals surface area (Å²) in [4.78, 5) is 14.2. The molecule has 0 aromatic heterocycles. The Morgan fingerprint density at radius 1 is 1.50 bits per heavy atom. The number of thioether (sulfide) groups is 1. The Morgan fingerprint density at radius 3 is 2.82 bits per heavy atom. The van der Waals surface area contributed by atoms with E-state index in [1.165, 1.54) is 0 Å². The standard InChI is InChI=1S/C15H20Cl2N2OS.ClH/c1-10(13-4-3-11(16)7-14(13)17)19(2)15(20)8-12-9-21-6-5-18-12;/h3-4,7,10,12,18H,5-6,8-9H2,1-2H3;1H. The molecule has 3 nitrogen and oxygen atoms in total. The number of nitrogens with one attached hydrogen (secondary N) is 1. The van der Waals surface area contributed by atoms with E-state index in [-0.39, 0.29) is 30.4 Å². The van der Waals surface area contributed by atoms with Crippen molar-refractivity contribution < 1.29 is 4.79 Å². The lowest BCUT2D eigenvalue weighted by atomic mass is 10.1. The maximum absolute atomic E-state index is 12.4. The van der Waals surface area contributed by atoms with Gasteiger partial charge in [0, 0.05) is 47.6 Å². The Balaban J connectivity index is 0.00000242. The van der Waals surface area contributed by atoms with Gasteiger partial charge >= 0.3 is 0 Å². The van der Waals surface area contributed by atoms with Crippen LogP contribution in [0.1, 0.15) is 24.9 Å². The van der Waals surface area contributed by atoms with E-state index in [1.54, 1.807) is 17.0 Å². The molecule has 1 aliphatic rings. The normalized spacial score (nSPS) is 19.2. The fourth-order valence-electron chi connectivity index (χ4n) is 2.37. The maximum Gasteiger partial charge on any atom is 0.224 e. The lowest BCUT2D eigenvalue weighted by molar-refractivity contribution is -0.132. The third-order valence-corrected chi connectivity index (χ3v) is 5.50. The Morgan fingerprint density at radius 2 is 2.23 bits per heavy atom. The average molecular weight is 384 g/mol. The zero-order valence-electron chi connectivity index (χ0n) is 12.6. The minimum absolute atomic E-state index is 0. The van der Waals surface area contributed by atoms with Crippen LogP contribution < -0.4 is 5.32 Å². The summed E-state index contributed by atoms with van der Waals surface area (Å²) in [5.74, 6) is 2.25. The molecule has 0 saturated carbocycles. The average Bonchev–Trinajstić information content (AvgIpc) is 2.47. The summed E-state index contributed by atoms with van der Waals surface area (Å²) >= 11 is 14.0. The number of halogens is 3. The monoisotopic (exact) mass is 382 g/mol. The second-order valence-corrected chi connectivity index (χ2v) is 7.27. The smallest absolute Gasteiger partial charge is 0.224 e. The van der Waals surface area contributed by atoms with Crippen molar-refractivity contribution in [2.75, 3.05) is 25.1 Å². The van der Waals surface area contributed by atoms with Crippen molar-refractivity contribution in [2.24, 2.45) is 0 Å². The van der Waals surface area contributed by atoms with Gasteiger partial charge < -0.3 is 10.2 Å². The number of amides is 1. The van der Waals surface area contributed by atoms with Gasteiger partial charge in [0.1, 0.15) is 0 Å². The van der Waals surface area contributed by atoms with Gasteiger partial charge in [-0.3, -0.25) is 4.79 Å². The Labute approximate surface area is 152 Å². The second kappa shape index (κ2) is 9.24. The predicted octanol–water partition coefficient (Wildman–Crippen LogP) is 4.03. The summed E-state index contributed by atoms with van der Waals surface area (Å²) in [5.41, 5.74) is 0.919. The highest BCUT2D eigenvalue weighted by molar-refractivity contribution is 7.99. The molecule has 7 heteroatoms. The molecule has 1 aromatic rings. The number of carbonyl (C=O) groups excluding carboxylic acids is 1. The van der Waals surface area contributed by atoms with Gasteiger partial charge in [0.05, 0.1) is 6.04 Å². The first-order valence-electron chi connectivity index (χ1n) is 7.00. The summed E-state index contributed by atoms with van der Waals surface area (Å²) in [6, 6.07) is 5.60. The lowest BCUT2D eigenvalue weighted by Gasteiger charge is -2.29. The zero-order chi connectivity index (χ0) is 15.4. The van der Waals surface area contributed by atoms with Crippen LogP contribution in [0.5, 0.6) is 0 Å². The zero-order valence-corrected chi connectivity index (χ0v) is 15.8. The molecule has 22 heavy (non-hydrogen) atoms. The minimum Gasteiger partial charge on any atom is -0.339 e. The van der Waals surface area contributed by atoms with Crippen LogP contribution in [0, 0.1) is 0 Å². The van der Waals surface area contributed by atoms with E-state index in [0.29, 0.717) is 16.5 Å². The fourth-order valence-corrected chi connectivity index (χ4v) is 3.89. The van der Waals surface area contributed by atoms with Crippen LogP contribution in [0.4, 0.5) is 0 Å². The summed E-state index contributed by atoms with van der Waals surface area (Å²) in [5, 5.41) is 4.59. The highest BCUT2D eigenvalue weighted by Crippen LogP contribution is 2.29. The Hall–Kier alpha value is -0.130. The van der Waals surface area contributed by atoms with Crippen LogP contribution >= 0.6 is 47.4 Å². The van der Waals surface area contributed by atoms with Gasteiger partial charge in [-0.15, -0.1) is 12.4 Å². The highest BCUT2D eigenvalue weighted by atomic mass is 35.5. The van der Waals surface area contributed by atoms with Crippen LogP contribution in [0.15, 0.2) is 18.2 Å². The van der Waals surface area contributed by atoms with Crippen molar-refractivity contribution in [2.45, 2.75) is 25.4 Å². The van der Waals surface area contributed by atoms with Crippen molar-refractivity contribution in [3.63, 3.8) is 0 Å². The van der Waals surface area contributed by atoms with Crippen LogP contribution in [0.25, 0.3) is 0 Å². The van der Waals surface area contributed by atoms with Crippen molar-refractivity contribution in [1.82, 2.24) is 10.2 Å². The molecule has 1 fully saturated rings. The van der Waals surface area contributed by atoms with E-state index in [4.69, 9.17) is 23.2 Å². The predicted molar refractivity (Wildman–Crippen MR) is 98.6 cm³/mol. The van der Waals surface area contributed by atoms with Gasteiger partial charge in [0.2, 0.25) is 5.91 Å². The van der Waals surface area contributed by atoms with Gasteiger partial charge in [-0.25, -0.2) is 0 Å². The molecular weight excluding hydrogens is 363 g/mol. The summed E-state index contributed by atoms with van der Waals surface area (Å²) in [7, 11) is 1.83. The summed E-state index contributed by atoms with van der Waals surface area (Å²) < 4.78 is 0. The number of rotatable bonds is 4. The topological polar surface area (TPSA) is 32.3 Å². The quantitative estimate of drug-likeness (QED) is 0.852. The molecule has 0 aliphatic carbocycles. The Kier molecular flexibility index (Phi) is 8.36. The van der Waals surface area contributed by atoms with Crippen molar-refractivity contribution in [1.29, 1.82) is 0 Å². The molecule has 2 unspecified atom stereocenters. The van der Waals surface area contributed by atoms with Gasteiger partial charge in [-0.1, -0.05) is 29.3 Å². The number of hydrogen-bond acceptors (Lipinski definition) is 3. The van der Waals surface area contributed by atoms with Crippen LogP contribution in [0.3, 0.4) is 0 Å². The lowest BCUT2D eigenvalue weighted by Crippen LogP contribution is -2.42. The number of carbonyl (C=O) groups is 1. The van der Waals surface area contributed by atoms with Crippen LogP contribution in [-0.4, -0.2) is 41.9 Å². The number of hydrogen-bond donors (Lipinski definition) is 1. The SMILES string of the molecule is CC(c1ccc(Cl)cc1Cl)N(C)C(=O)CC1CSCCN1.Cl. The van der Waals surface area contributed by atoms with E-state index in [0.717, 1.165) is 23.6 Å². The van der Waals surface area contributed by atoms with E-state index in [9.17, 15) is 4.79 Å². The van der Waals surface area contributed by atoms with E-state index in [2.05, 4.69) is 5.32 Å². The molecule has 124 valence electrons. The molecule has 1 N–H and O–H groups in total. The number of benzene rings is 1. The third kappa shape index (κ3) is 5.20. The Bertz CT molecular complexity index is 510. The molecule has 1 aromatic carbocycles. The first kappa shape index (κ1) is 19.9. The van der Waals surface area contributed by atoms with Crippen LogP contribution in [0.2, 0.25) is 10.0 Å². The molecular formula is C15H21Cl3N2OS. The molecule has 2 rings (SSSR count). The molecule has 1 aliphatic heterocycles. The van der Waals surface area contributed by atoms with Gasteiger partial charge in [-0.2, -0.15) is 11.8 Å². The van der Waals surface area contributed by atoms with Gasteiger partial charge in [0.15, 0.2) is 0 Å². The molecule has 1 amide bonds. The first-order chi connectivity index (χ1) is 9.99. The fraction of sp³-hybridized carbons (Fsp3) is 0.533. The van der Waals surface area contributed by atoms with Gasteiger partial charge in [-0.05, 0) is 24.6 Å². The van der Waals surface area contributed by atoms with E-state index >= 15 is 0 Å². The summed E-state index contributed by atoms with van der Waals surface area (Å²) in [6.07, 6.45) is 0.527. The van der Waals surface area contributed by atoms with Crippen molar-refractivity contribution in [3.8, 4) is 0 Å². The maximum atomic E-state index is 12.4. The van der Waals surface area contributed by atoms with Crippen LogP contribution in [-0.2, 0) is 4.79 Å². The second-order valence-electron chi connectivity index (χ2n) is 5.28. The van der Waals surface area contributed by atoms with Gasteiger partial charge in [0.25, 0.3) is 0 Å². The number of nitrogens with zero attached hydrogens (tertiary/aromatic N) is 1. The molecule has 1 heterocycles.